The average Bonchev–Trinajstić information content (AvgIpc) is 2.73. The van der Waals surface area contributed by atoms with Gasteiger partial charge in [-0.3, -0.25) is 5.10 Å². The van der Waals surface area contributed by atoms with Gasteiger partial charge in [0.2, 0.25) is 0 Å². The van der Waals surface area contributed by atoms with Crippen molar-refractivity contribution in [2.24, 2.45) is 4.99 Å². The fraction of sp³-hybridized carbons (Fsp3) is 0.500. The molecule has 0 fully saturated rings. The Hall–Kier alpha value is -1.58. The van der Waals surface area contributed by atoms with Crippen molar-refractivity contribution in [2.75, 3.05) is 7.05 Å². The van der Waals surface area contributed by atoms with Crippen LogP contribution in [-0.4, -0.2) is 23.0 Å². The molecule has 0 aromatic carbocycles. The Balaban J connectivity index is 3.06. The lowest BCUT2D eigenvalue weighted by molar-refractivity contribution is 1.08. The van der Waals surface area contributed by atoms with Crippen LogP contribution in [0.1, 0.15) is 39.2 Å². The molecule has 0 unspecified atom stereocenters. The second-order valence-corrected chi connectivity index (χ2v) is 3.61. The summed E-state index contributed by atoms with van der Waals surface area (Å²) in [6.07, 6.45) is 5.87. The van der Waals surface area contributed by atoms with E-state index in [-0.39, 0.29) is 0 Å². The number of aliphatic imine (C=N–C) groups is 1. The highest BCUT2D eigenvalue weighted by Gasteiger charge is 2.07. The Morgan fingerprint density at radius 1 is 1.56 bits per heavy atom. The van der Waals surface area contributed by atoms with Crippen LogP contribution in [0.5, 0.6) is 0 Å². The van der Waals surface area contributed by atoms with Gasteiger partial charge in [0.25, 0.3) is 0 Å². The van der Waals surface area contributed by atoms with E-state index < -0.39 is 0 Å². The zero-order chi connectivity index (χ0) is 12.0. The molecule has 0 saturated heterocycles. The molecule has 0 aliphatic heterocycles. The summed E-state index contributed by atoms with van der Waals surface area (Å²) < 4.78 is 0. The quantitative estimate of drug-likeness (QED) is 0.750. The summed E-state index contributed by atoms with van der Waals surface area (Å²) in [5.41, 5.74) is 3.19. The highest BCUT2D eigenvalue weighted by molar-refractivity contribution is 5.85. The summed E-state index contributed by atoms with van der Waals surface area (Å²) >= 11 is 0. The van der Waals surface area contributed by atoms with Crippen molar-refractivity contribution < 1.29 is 0 Å². The van der Waals surface area contributed by atoms with Crippen molar-refractivity contribution >= 4 is 17.2 Å². The number of hydrogen-bond acceptors (Lipinski definition) is 3. The van der Waals surface area contributed by atoms with E-state index in [2.05, 4.69) is 40.4 Å². The van der Waals surface area contributed by atoms with E-state index >= 15 is 0 Å². The molecule has 0 atom stereocenters. The van der Waals surface area contributed by atoms with Crippen LogP contribution in [0.15, 0.2) is 17.3 Å². The van der Waals surface area contributed by atoms with Gasteiger partial charge in [0.1, 0.15) is 0 Å². The fourth-order valence-electron chi connectivity index (χ4n) is 1.38. The zero-order valence-corrected chi connectivity index (χ0v) is 10.5. The molecule has 4 nitrogen and oxygen atoms in total. The largest absolute Gasteiger partial charge is 0.388 e. The van der Waals surface area contributed by atoms with E-state index in [4.69, 9.17) is 0 Å². The predicted octanol–water partition coefficient (Wildman–Crippen LogP) is 2.88. The number of nitrogens with zero attached hydrogens (tertiary/aromatic N) is 2. The third-order valence-electron chi connectivity index (χ3n) is 2.40. The van der Waals surface area contributed by atoms with E-state index in [1.165, 1.54) is 0 Å². The number of hydrogen-bond donors (Lipinski definition) is 2. The predicted molar refractivity (Wildman–Crippen MR) is 69.0 cm³/mol. The van der Waals surface area contributed by atoms with Gasteiger partial charge in [-0.25, -0.2) is 4.99 Å². The molecule has 0 bridgehead atoms. The summed E-state index contributed by atoms with van der Waals surface area (Å²) in [6, 6.07) is 0. The van der Waals surface area contributed by atoms with Gasteiger partial charge in [-0.1, -0.05) is 19.9 Å². The van der Waals surface area contributed by atoms with Crippen LogP contribution >= 0.6 is 0 Å². The Morgan fingerprint density at radius 3 is 2.88 bits per heavy atom. The summed E-state index contributed by atoms with van der Waals surface area (Å²) in [5, 5.41) is 10.1. The summed E-state index contributed by atoms with van der Waals surface area (Å²) in [4.78, 5) is 4.51. The molecule has 0 saturated carbocycles. The van der Waals surface area contributed by atoms with E-state index in [9.17, 15) is 0 Å². The molecule has 4 heteroatoms. The van der Waals surface area contributed by atoms with Gasteiger partial charge in [0, 0.05) is 18.5 Å². The van der Waals surface area contributed by atoms with E-state index in [0.717, 1.165) is 35.6 Å². The van der Waals surface area contributed by atoms with Crippen LogP contribution in [0.4, 0.5) is 5.82 Å². The lowest BCUT2D eigenvalue weighted by Crippen LogP contribution is -2.04. The molecule has 16 heavy (non-hydrogen) atoms. The first kappa shape index (κ1) is 12.5. The normalized spacial score (nSPS) is 13.0. The first-order valence-electron chi connectivity index (χ1n) is 5.68. The number of aromatic nitrogens is 2. The maximum Gasteiger partial charge on any atom is 0.157 e. The maximum absolute atomic E-state index is 4.51. The standard InChI is InChI=1S/C12H20N4/c1-5-7-11(13-4)10-8-14-16-12(10)15-9(3)6-2/h7-8,13H,5-6H2,1-4H3,(H,14,16)/b11-7-,15-9?. The number of H-pyrrole nitrogens is 1. The number of aromatic amines is 1. The third-order valence-corrected chi connectivity index (χ3v) is 2.40. The van der Waals surface area contributed by atoms with Crippen LogP contribution in [0, 0.1) is 0 Å². The summed E-state index contributed by atoms with van der Waals surface area (Å²) in [6.45, 7) is 6.22. The lowest BCUT2D eigenvalue weighted by Gasteiger charge is -2.05. The number of nitrogens with one attached hydrogen (secondary N) is 2. The van der Waals surface area contributed by atoms with Crippen LogP contribution in [0.2, 0.25) is 0 Å². The Morgan fingerprint density at radius 2 is 2.31 bits per heavy atom. The monoisotopic (exact) mass is 220 g/mol. The first-order valence-corrected chi connectivity index (χ1v) is 5.68. The average molecular weight is 220 g/mol. The number of rotatable bonds is 5. The van der Waals surface area contributed by atoms with Gasteiger partial charge >= 0.3 is 0 Å². The van der Waals surface area contributed by atoms with Gasteiger partial charge in [0.05, 0.1) is 11.8 Å². The van der Waals surface area contributed by atoms with Crippen LogP contribution in [0.25, 0.3) is 5.70 Å². The first-order chi connectivity index (χ1) is 7.72. The molecule has 1 aromatic heterocycles. The molecule has 1 aromatic rings. The van der Waals surface area contributed by atoms with Gasteiger partial charge in [0.15, 0.2) is 5.82 Å². The Labute approximate surface area is 96.9 Å². The minimum Gasteiger partial charge on any atom is -0.388 e. The topological polar surface area (TPSA) is 53.1 Å². The molecule has 0 aliphatic rings. The van der Waals surface area contributed by atoms with Crippen molar-refractivity contribution in [3.05, 3.63) is 17.8 Å². The van der Waals surface area contributed by atoms with Crippen LogP contribution in [-0.2, 0) is 0 Å². The van der Waals surface area contributed by atoms with Crippen LogP contribution in [0.3, 0.4) is 0 Å². The smallest absolute Gasteiger partial charge is 0.157 e. The third kappa shape index (κ3) is 2.95. The van der Waals surface area contributed by atoms with Crippen molar-refractivity contribution in [3.63, 3.8) is 0 Å². The molecule has 0 amide bonds. The molecular weight excluding hydrogens is 200 g/mol. The van der Waals surface area contributed by atoms with Gasteiger partial charge in [-0.2, -0.15) is 5.10 Å². The molecular formula is C12H20N4. The van der Waals surface area contributed by atoms with E-state index in [1.54, 1.807) is 6.20 Å². The highest BCUT2D eigenvalue weighted by Crippen LogP contribution is 2.22. The molecule has 88 valence electrons. The van der Waals surface area contributed by atoms with Crippen molar-refractivity contribution in [1.29, 1.82) is 0 Å². The molecule has 2 N–H and O–H groups in total. The van der Waals surface area contributed by atoms with Gasteiger partial charge < -0.3 is 5.32 Å². The molecule has 1 heterocycles. The maximum atomic E-state index is 4.51. The Kier molecular flexibility index (Phi) is 4.76. The SMILES string of the molecule is CC/C=C(\NC)c1cn[nH]c1N=C(C)CC. The van der Waals surface area contributed by atoms with E-state index in [1.807, 2.05) is 14.0 Å². The van der Waals surface area contributed by atoms with Crippen molar-refractivity contribution in [3.8, 4) is 0 Å². The van der Waals surface area contributed by atoms with Crippen molar-refractivity contribution in [2.45, 2.75) is 33.6 Å². The van der Waals surface area contributed by atoms with Crippen molar-refractivity contribution in [1.82, 2.24) is 15.5 Å². The zero-order valence-electron chi connectivity index (χ0n) is 10.5. The molecule has 0 aliphatic carbocycles. The van der Waals surface area contributed by atoms with Gasteiger partial charge in [-0.05, 0) is 19.8 Å². The molecule has 1 rings (SSSR count). The highest BCUT2D eigenvalue weighted by atomic mass is 15.2. The fourth-order valence-corrected chi connectivity index (χ4v) is 1.38. The summed E-state index contributed by atoms with van der Waals surface area (Å²) in [7, 11) is 1.91. The van der Waals surface area contributed by atoms with Gasteiger partial charge in [-0.15, -0.1) is 0 Å². The Bertz CT molecular complexity index is 387. The second kappa shape index (κ2) is 6.10. The van der Waals surface area contributed by atoms with Crippen LogP contribution < -0.4 is 5.32 Å². The summed E-state index contributed by atoms with van der Waals surface area (Å²) in [5.74, 6) is 0.827. The second-order valence-electron chi connectivity index (χ2n) is 3.61. The lowest BCUT2D eigenvalue weighted by atomic mass is 10.2. The van der Waals surface area contributed by atoms with E-state index in [0.29, 0.717) is 0 Å². The number of allylic oxidation sites excluding steroid dienone is 1. The molecule has 0 spiro atoms. The minimum absolute atomic E-state index is 0.827. The molecule has 0 radical (unpaired) electrons. The minimum atomic E-state index is 0.827.